The molecule has 3 rings (SSSR count). The molecule has 4 nitrogen and oxygen atoms in total. The Bertz CT molecular complexity index is 1230. The summed E-state index contributed by atoms with van der Waals surface area (Å²) in [5, 5.41) is 0. The summed E-state index contributed by atoms with van der Waals surface area (Å²) in [7, 11) is 1.26. The number of carbonyl (C=O) groups is 2. The number of esters is 1. The van der Waals surface area contributed by atoms with Gasteiger partial charge in [0.05, 0.1) is 23.8 Å². The van der Waals surface area contributed by atoms with Gasteiger partial charge in [-0.2, -0.15) is 26.3 Å². The smallest absolute Gasteiger partial charge is 0.416 e. The molecule has 0 spiro atoms. The van der Waals surface area contributed by atoms with Crippen LogP contribution in [0, 0.1) is 0 Å². The predicted molar refractivity (Wildman–Crippen MR) is 133 cm³/mol. The fourth-order valence-electron chi connectivity index (χ4n) is 4.16. The van der Waals surface area contributed by atoms with Crippen LogP contribution < -0.4 is 0 Å². The van der Waals surface area contributed by atoms with Crippen LogP contribution in [-0.2, 0) is 21.9 Å². The van der Waals surface area contributed by atoms with Crippen molar-refractivity contribution in [2.75, 3.05) is 13.7 Å². The number of alkyl halides is 6. The topological polar surface area (TPSA) is 46.6 Å². The Morgan fingerprint density at radius 2 is 1.28 bits per heavy atom. The Labute approximate surface area is 221 Å². The maximum absolute atomic E-state index is 13.5. The molecule has 206 valence electrons. The van der Waals surface area contributed by atoms with Crippen LogP contribution in [0.25, 0.3) is 0 Å². The largest absolute Gasteiger partial charge is 0.463 e. The molecular formula is C29H25F6NO3. The number of benzene rings is 3. The second-order valence-electron chi connectivity index (χ2n) is 8.61. The summed E-state index contributed by atoms with van der Waals surface area (Å²) >= 11 is 0. The van der Waals surface area contributed by atoms with Gasteiger partial charge in [0.1, 0.15) is 0 Å². The minimum absolute atomic E-state index is 0.0360. The van der Waals surface area contributed by atoms with Gasteiger partial charge in [-0.25, -0.2) is 4.79 Å². The minimum atomic E-state index is -5.12. The predicted octanol–water partition coefficient (Wildman–Crippen LogP) is 7.12. The van der Waals surface area contributed by atoms with Gasteiger partial charge in [0, 0.05) is 24.6 Å². The lowest BCUT2D eigenvalue weighted by Gasteiger charge is -2.34. The van der Waals surface area contributed by atoms with E-state index in [1.807, 2.05) is 0 Å². The number of halogens is 6. The number of ether oxygens (including phenoxy) is 1. The van der Waals surface area contributed by atoms with E-state index in [4.69, 9.17) is 4.74 Å². The molecule has 1 atom stereocenters. The Balaban J connectivity index is 2.17. The van der Waals surface area contributed by atoms with Crippen LogP contribution in [0.5, 0.6) is 0 Å². The second kappa shape index (κ2) is 12.2. The molecule has 0 aliphatic rings. The zero-order valence-electron chi connectivity index (χ0n) is 21.0. The number of hydrogen-bond donors (Lipinski definition) is 0. The molecule has 0 bridgehead atoms. The zero-order chi connectivity index (χ0) is 28.8. The first-order chi connectivity index (χ1) is 18.3. The fourth-order valence-corrected chi connectivity index (χ4v) is 4.16. The van der Waals surface area contributed by atoms with E-state index in [0.29, 0.717) is 23.3 Å². The average Bonchev–Trinajstić information content (AvgIpc) is 2.90. The van der Waals surface area contributed by atoms with Crippen molar-refractivity contribution in [1.82, 2.24) is 4.90 Å². The van der Waals surface area contributed by atoms with E-state index >= 15 is 0 Å². The molecule has 0 aliphatic carbocycles. The highest BCUT2D eigenvalue weighted by atomic mass is 19.4. The van der Waals surface area contributed by atoms with Crippen molar-refractivity contribution in [2.45, 2.75) is 31.2 Å². The Morgan fingerprint density at radius 1 is 0.821 bits per heavy atom. The molecule has 0 aromatic heterocycles. The molecule has 1 unspecified atom stereocenters. The van der Waals surface area contributed by atoms with Crippen molar-refractivity contribution in [3.8, 4) is 0 Å². The summed E-state index contributed by atoms with van der Waals surface area (Å²) in [5.74, 6) is -2.46. The first-order valence-corrected chi connectivity index (χ1v) is 11.8. The Kier molecular flexibility index (Phi) is 9.21. The van der Waals surface area contributed by atoms with E-state index < -0.39 is 52.9 Å². The Morgan fingerprint density at radius 3 is 1.69 bits per heavy atom. The number of carbonyl (C=O) groups excluding carboxylic acids is 2. The second-order valence-corrected chi connectivity index (χ2v) is 8.61. The molecule has 0 fully saturated rings. The van der Waals surface area contributed by atoms with Gasteiger partial charge in [-0.1, -0.05) is 66.7 Å². The maximum atomic E-state index is 13.5. The summed E-state index contributed by atoms with van der Waals surface area (Å²) < 4.78 is 85.7. The van der Waals surface area contributed by atoms with Crippen molar-refractivity contribution in [1.29, 1.82) is 0 Å². The highest BCUT2D eigenvalue weighted by Crippen LogP contribution is 2.37. The molecule has 39 heavy (non-hydrogen) atoms. The van der Waals surface area contributed by atoms with Crippen LogP contribution in [0.1, 0.15) is 45.5 Å². The van der Waals surface area contributed by atoms with Crippen molar-refractivity contribution in [3.05, 3.63) is 119 Å². The van der Waals surface area contributed by atoms with Gasteiger partial charge < -0.3 is 9.64 Å². The quantitative estimate of drug-likeness (QED) is 0.171. The molecule has 10 heteroatoms. The van der Waals surface area contributed by atoms with Crippen LogP contribution in [0.15, 0.2) is 91.0 Å². The summed E-state index contributed by atoms with van der Waals surface area (Å²) in [4.78, 5) is 26.7. The first kappa shape index (κ1) is 29.5. The van der Waals surface area contributed by atoms with E-state index in [0.717, 1.165) is 11.0 Å². The average molecular weight is 550 g/mol. The van der Waals surface area contributed by atoms with Crippen molar-refractivity contribution < 1.29 is 40.7 Å². The maximum Gasteiger partial charge on any atom is 0.416 e. The monoisotopic (exact) mass is 549 g/mol. The molecule has 0 N–H and O–H groups in total. The van der Waals surface area contributed by atoms with Crippen LogP contribution >= 0.6 is 0 Å². The molecule has 0 saturated heterocycles. The number of nitrogens with zero attached hydrogens (tertiary/aromatic N) is 1. The number of rotatable bonds is 8. The van der Waals surface area contributed by atoms with E-state index in [1.54, 1.807) is 67.6 Å². The lowest BCUT2D eigenvalue weighted by atomic mass is 9.83. The number of amides is 1. The van der Waals surface area contributed by atoms with Crippen LogP contribution in [-0.4, -0.2) is 36.5 Å². The van der Waals surface area contributed by atoms with Crippen LogP contribution in [0.4, 0.5) is 26.3 Å². The third-order valence-electron chi connectivity index (χ3n) is 5.98. The van der Waals surface area contributed by atoms with Gasteiger partial charge in [0.15, 0.2) is 0 Å². The molecule has 3 aromatic rings. The van der Waals surface area contributed by atoms with Gasteiger partial charge in [-0.05, 0) is 36.2 Å². The summed E-state index contributed by atoms with van der Waals surface area (Å²) in [5.41, 5.74) is -2.61. The molecule has 0 heterocycles. The van der Waals surface area contributed by atoms with E-state index in [9.17, 15) is 35.9 Å². The molecule has 1 amide bonds. The summed E-state index contributed by atoms with van der Waals surface area (Å²) in [6.45, 7) is 1.68. The summed E-state index contributed by atoms with van der Waals surface area (Å²) in [6.07, 6.45) is -7.79. The first-order valence-electron chi connectivity index (χ1n) is 11.8. The van der Waals surface area contributed by atoms with Gasteiger partial charge in [-0.3, -0.25) is 4.79 Å². The molecule has 3 aromatic carbocycles. The summed E-state index contributed by atoms with van der Waals surface area (Å²) in [6, 6.07) is 17.4. The zero-order valence-corrected chi connectivity index (χ0v) is 21.0. The third-order valence-corrected chi connectivity index (χ3v) is 5.98. The molecule has 0 saturated carbocycles. The van der Waals surface area contributed by atoms with Crippen molar-refractivity contribution >= 4 is 11.9 Å². The SMILES string of the molecule is CCOC(=O)C=CC(C(c1ccccc1)c1ccccc1)N(C)C(=O)c1cc(C(F)(F)F)cc(C(F)(F)F)c1. The Hall–Kier alpha value is -4.08. The van der Waals surface area contributed by atoms with Crippen molar-refractivity contribution in [3.63, 3.8) is 0 Å². The lowest BCUT2D eigenvalue weighted by molar-refractivity contribution is -0.143. The van der Waals surface area contributed by atoms with E-state index in [1.165, 1.54) is 13.1 Å². The van der Waals surface area contributed by atoms with Gasteiger partial charge >= 0.3 is 18.3 Å². The fraction of sp³-hybridized carbons (Fsp3) is 0.241. The van der Waals surface area contributed by atoms with Crippen LogP contribution in [0.3, 0.4) is 0 Å². The highest BCUT2D eigenvalue weighted by Gasteiger charge is 2.38. The van der Waals surface area contributed by atoms with Gasteiger partial charge in [-0.15, -0.1) is 0 Å². The number of likely N-dealkylation sites (N-methyl/N-ethyl adjacent to an activating group) is 1. The standard InChI is InChI=1S/C29H25F6NO3/c1-3-39-25(37)15-14-24(26(19-10-6-4-7-11-19)20-12-8-5-9-13-20)36(2)27(38)21-16-22(28(30,31)32)18-23(17-21)29(33,34)35/h4-18,24,26H,3H2,1-2H3. The third kappa shape index (κ3) is 7.49. The van der Waals surface area contributed by atoms with E-state index in [-0.39, 0.29) is 12.7 Å². The molecule has 0 aliphatic heterocycles. The highest BCUT2D eigenvalue weighted by molar-refractivity contribution is 5.95. The minimum Gasteiger partial charge on any atom is -0.463 e. The number of hydrogen-bond acceptors (Lipinski definition) is 3. The van der Waals surface area contributed by atoms with Gasteiger partial charge in [0.2, 0.25) is 0 Å². The molecular weight excluding hydrogens is 524 g/mol. The van der Waals surface area contributed by atoms with Crippen molar-refractivity contribution in [2.24, 2.45) is 0 Å². The van der Waals surface area contributed by atoms with Gasteiger partial charge in [0.25, 0.3) is 5.91 Å². The van der Waals surface area contributed by atoms with E-state index in [2.05, 4.69) is 0 Å². The normalized spacial score (nSPS) is 12.9. The van der Waals surface area contributed by atoms with Crippen LogP contribution in [0.2, 0.25) is 0 Å². The molecule has 0 radical (unpaired) electrons. The lowest BCUT2D eigenvalue weighted by Crippen LogP contribution is -2.40.